The number of nitrogens with zero attached hydrogens (tertiary/aromatic N) is 1. The number of hydrogen-bond acceptors (Lipinski definition) is 8. The van der Waals surface area contributed by atoms with E-state index in [-0.39, 0.29) is 42.4 Å². The maximum atomic E-state index is 13.8. The first-order valence-corrected chi connectivity index (χ1v) is 14.5. The number of aromatic nitrogens is 1. The molecule has 3 amide bonds. The molecule has 2 heterocycles. The summed E-state index contributed by atoms with van der Waals surface area (Å²) in [5, 5.41) is 23.7. The van der Waals surface area contributed by atoms with Gasteiger partial charge in [0.2, 0.25) is 11.8 Å². The Hall–Kier alpha value is -3.99. The van der Waals surface area contributed by atoms with Gasteiger partial charge in [0.15, 0.2) is 5.69 Å². The number of benzene rings is 1. The second-order valence-corrected chi connectivity index (χ2v) is 11.0. The van der Waals surface area contributed by atoms with Crippen LogP contribution < -0.4 is 16.0 Å². The Labute approximate surface area is 246 Å². The van der Waals surface area contributed by atoms with Crippen molar-refractivity contribution in [2.75, 3.05) is 13.2 Å². The van der Waals surface area contributed by atoms with Crippen LogP contribution in [0.1, 0.15) is 61.8 Å². The second kappa shape index (κ2) is 15.9. The summed E-state index contributed by atoms with van der Waals surface area (Å²) in [4.78, 5) is 50.8. The van der Waals surface area contributed by atoms with Crippen molar-refractivity contribution in [1.82, 2.24) is 21.1 Å². The summed E-state index contributed by atoms with van der Waals surface area (Å²) in [5.74, 6) is -2.09. The second-order valence-electron chi connectivity index (χ2n) is 11.0. The van der Waals surface area contributed by atoms with Gasteiger partial charge >= 0.3 is 5.97 Å². The molecule has 4 N–H and O–H groups in total. The van der Waals surface area contributed by atoms with Gasteiger partial charge in [0.25, 0.3) is 5.91 Å². The Morgan fingerprint density at radius 2 is 1.95 bits per heavy atom. The molecule has 0 saturated carbocycles. The number of aliphatic hydroxyl groups excluding tert-OH is 1. The van der Waals surface area contributed by atoms with Gasteiger partial charge in [-0.15, -0.1) is 0 Å². The molecule has 0 aliphatic carbocycles. The summed E-state index contributed by atoms with van der Waals surface area (Å²) in [5.41, 5.74) is 1.01. The number of amides is 3. The molecule has 1 aromatic carbocycles. The molecule has 1 fully saturated rings. The van der Waals surface area contributed by atoms with Crippen LogP contribution in [0.25, 0.3) is 0 Å². The molecule has 228 valence electrons. The Morgan fingerprint density at radius 3 is 2.55 bits per heavy atom. The molecule has 5 atom stereocenters. The van der Waals surface area contributed by atoms with Crippen molar-refractivity contribution >= 4 is 23.7 Å². The molecule has 1 aromatic heterocycles. The van der Waals surface area contributed by atoms with E-state index in [0.29, 0.717) is 31.6 Å². The molecule has 0 bridgehead atoms. The molecule has 1 aliphatic rings. The van der Waals surface area contributed by atoms with E-state index < -0.39 is 36.0 Å². The normalized spacial score (nSPS) is 17.9. The number of esters is 1. The third-order valence-corrected chi connectivity index (χ3v) is 7.29. The average molecular weight is 583 g/mol. The lowest BCUT2D eigenvalue weighted by Gasteiger charge is -2.30. The number of rotatable bonds is 15. The maximum absolute atomic E-state index is 13.8. The van der Waals surface area contributed by atoms with E-state index in [4.69, 9.17) is 9.26 Å². The van der Waals surface area contributed by atoms with Crippen LogP contribution in [0, 0.1) is 24.7 Å². The molecule has 11 heteroatoms. The highest BCUT2D eigenvalue weighted by Gasteiger charge is 2.33. The highest BCUT2D eigenvalue weighted by Crippen LogP contribution is 2.22. The summed E-state index contributed by atoms with van der Waals surface area (Å²) in [6.07, 6.45) is 3.09. The third-order valence-electron chi connectivity index (χ3n) is 7.29. The van der Waals surface area contributed by atoms with Crippen LogP contribution >= 0.6 is 0 Å². The number of carbonyl (C=O) groups is 4. The van der Waals surface area contributed by atoms with Gasteiger partial charge in [0, 0.05) is 36.6 Å². The van der Waals surface area contributed by atoms with Crippen LogP contribution in [0.4, 0.5) is 0 Å². The number of aliphatic hydroxyl groups is 1. The molecule has 0 unspecified atom stereocenters. The minimum atomic E-state index is -1.06. The zero-order valence-corrected chi connectivity index (χ0v) is 24.7. The lowest BCUT2D eigenvalue weighted by Crippen LogP contribution is -2.49. The molecule has 11 nitrogen and oxygen atoms in total. The smallest absolute Gasteiger partial charge is 0.330 e. The van der Waals surface area contributed by atoms with Crippen molar-refractivity contribution < 1.29 is 33.5 Å². The standard InChI is InChI=1S/C31H42N4O7/c1-5-41-27(37)12-11-24(17-22-13-14-32-29(22)38)33-30(39)23(16-21-9-7-6-8-10-21)18-26(36)28(19(2)3)34-31(40)25-15-20(4)42-35-25/h6-12,15,19,22-24,26,28,36H,5,13-14,16-18H2,1-4H3,(H,32,38)(H,33,39)(H,34,40)/b12-11+/t22-,23+,24+,26-,28-/m0/s1. The van der Waals surface area contributed by atoms with Crippen molar-refractivity contribution in [3.63, 3.8) is 0 Å². The predicted molar refractivity (Wildman–Crippen MR) is 155 cm³/mol. The number of aryl methyl sites for hydroxylation is 1. The summed E-state index contributed by atoms with van der Waals surface area (Å²) < 4.78 is 9.99. The molecule has 0 spiro atoms. The number of nitrogens with one attached hydrogen (secondary N) is 3. The van der Waals surface area contributed by atoms with Crippen molar-refractivity contribution in [1.29, 1.82) is 0 Å². The summed E-state index contributed by atoms with van der Waals surface area (Å²) in [6.45, 7) is 7.90. The largest absolute Gasteiger partial charge is 0.463 e. The van der Waals surface area contributed by atoms with Gasteiger partial charge in [-0.25, -0.2) is 4.79 Å². The predicted octanol–water partition coefficient (Wildman–Crippen LogP) is 2.48. The van der Waals surface area contributed by atoms with Gasteiger partial charge in [-0.2, -0.15) is 0 Å². The van der Waals surface area contributed by atoms with Crippen molar-refractivity contribution in [3.05, 3.63) is 65.6 Å². The lowest BCUT2D eigenvalue weighted by molar-refractivity contribution is -0.137. The van der Waals surface area contributed by atoms with Crippen LogP contribution in [0.5, 0.6) is 0 Å². The maximum Gasteiger partial charge on any atom is 0.330 e. The van der Waals surface area contributed by atoms with E-state index in [1.54, 1.807) is 19.9 Å². The van der Waals surface area contributed by atoms with Crippen LogP contribution in [-0.2, 0) is 25.5 Å². The van der Waals surface area contributed by atoms with Crippen LogP contribution in [0.15, 0.2) is 53.1 Å². The fourth-order valence-electron chi connectivity index (χ4n) is 5.07. The Kier molecular flexibility index (Phi) is 12.3. The highest BCUT2D eigenvalue weighted by atomic mass is 16.5. The minimum absolute atomic E-state index is 0.0555. The van der Waals surface area contributed by atoms with Gasteiger partial charge in [0.1, 0.15) is 5.76 Å². The van der Waals surface area contributed by atoms with Gasteiger partial charge in [0.05, 0.1) is 18.8 Å². The molecule has 1 saturated heterocycles. The van der Waals surface area contributed by atoms with Crippen molar-refractivity contribution in [2.45, 2.75) is 71.6 Å². The lowest BCUT2D eigenvalue weighted by atomic mass is 9.86. The fraction of sp³-hybridized carbons (Fsp3) is 0.516. The van der Waals surface area contributed by atoms with Gasteiger partial charge in [-0.3, -0.25) is 14.4 Å². The zero-order chi connectivity index (χ0) is 30.6. The quantitative estimate of drug-likeness (QED) is 0.184. The summed E-state index contributed by atoms with van der Waals surface area (Å²) in [7, 11) is 0. The number of carbonyl (C=O) groups excluding carboxylic acids is 4. The zero-order valence-electron chi connectivity index (χ0n) is 24.7. The number of ether oxygens (including phenoxy) is 1. The Balaban J connectivity index is 1.80. The van der Waals surface area contributed by atoms with Crippen LogP contribution in [-0.4, -0.2) is 65.3 Å². The van der Waals surface area contributed by atoms with Crippen molar-refractivity contribution in [2.24, 2.45) is 17.8 Å². The fourth-order valence-corrected chi connectivity index (χ4v) is 5.07. The van der Waals surface area contributed by atoms with E-state index in [1.165, 1.54) is 12.1 Å². The molecule has 1 aliphatic heterocycles. The average Bonchev–Trinajstić information content (AvgIpc) is 3.57. The summed E-state index contributed by atoms with van der Waals surface area (Å²) >= 11 is 0. The van der Waals surface area contributed by atoms with E-state index in [2.05, 4.69) is 21.1 Å². The highest BCUT2D eigenvalue weighted by molar-refractivity contribution is 5.92. The molecule has 0 radical (unpaired) electrons. The third kappa shape index (κ3) is 9.83. The Morgan fingerprint density at radius 1 is 1.21 bits per heavy atom. The minimum Gasteiger partial charge on any atom is -0.463 e. The van der Waals surface area contributed by atoms with Crippen molar-refractivity contribution in [3.8, 4) is 0 Å². The van der Waals surface area contributed by atoms with Gasteiger partial charge in [-0.05, 0) is 51.0 Å². The van der Waals surface area contributed by atoms with E-state index >= 15 is 0 Å². The molecular weight excluding hydrogens is 540 g/mol. The van der Waals surface area contributed by atoms with E-state index in [9.17, 15) is 24.3 Å². The van der Waals surface area contributed by atoms with Crippen LogP contribution in [0.2, 0.25) is 0 Å². The molecular formula is C31H42N4O7. The number of hydrogen-bond donors (Lipinski definition) is 4. The van der Waals surface area contributed by atoms with Crippen LogP contribution in [0.3, 0.4) is 0 Å². The first kappa shape index (κ1) is 32.5. The first-order valence-electron chi connectivity index (χ1n) is 14.5. The monoisotopic (exact) mass is 582 g/mol. The molecule has 2 aromatic rings. The van der Waals surface area contributed by atoms with E-state index in [0.717, 1.165) is 5.56 Å². The summed E-state index contributed by atoms with van der Waals surface area (Å²) in [6, 6.07) is 9.68. The molecule has 42 heavy (non-hydrogen) atoms. The SMILES string of the molecule is CCOC(=O)/C=C/[C@H](C[C@@H]1CCNC1=O)NC(=O)[C@H](Cc1ccccc1)C[C@H](O)[C@@H](NC(=O)c1cc(C)on1)C(C)C. The Bertz CT molecular complexity index is 1230. The topological polar surface area (TPSA) is 160 Å². The molecule has 3 rings (SSSR count). The van der Waals surface area contributed by atoms with Gasteiger partial charge < -0.3 is 30.3 Å². The first-order chi connectivity index (χ1) is 20.1. The van der Waals surface area contributed by atoms with E-state index in [1.807, 2.05) is 44.2 Å². The van der Waals surface area contributed by atoms with Gasteiger partial charge in [-0.1, -0.05) is 55.4 Å².